The average molecular weight is 289 g/mol. The molecule has 0 radical (unpaired) electrons. The van der Waals surface area contributed by atoms with E-state index >= 15 is 0 Å². The Morgan fingerprint density at radius 1 is 1.44 bits per heavy atom. The van der Waals surface area contributed by atoms with Gasteiger partial charge in [0.25, 0.3) is 5.91 Å². The SMILES string of the molecule is CSc1ccc(C)c(C(=O)NC(C)(C)CN)c1.Cl. The van der Waals surface area contributed by atoms with Gasteiger partial charge in [0.1, 0.15) is 0 Å². The third-order valence-electron chi connectivity index (χ3n) is 2.65. The molecule has 0 atom stereocenters. The number of nitrogens with one attached hydrogen (secondary N) is 1. The fourth-order valence-corrected chi connectivity index (χ4v) is 1.84. The van der Waals surface area contributed by atoms with Crippen molar-refractivity contribution in [2.45, 2.75) is 31.2 Å². The maximum atomic E-state index is 12.1. The number of thioether (sulfide) groups is 1. The number of nitrogens with two attached hydrogens (primary N) is 1. The summed E-state index contributed by atoms with van der Waals surface area (Å²) in [5, 5.41) is 2.94. The van der Waals surface area contributed by atoms with Crippen LogP contribution in [0.1, 0.15) is 29.8 Å². The van der Waals surface area contributed by atoms with E-state index in [1.165, 1.54) is 0 Å². The lowest BCUT2D eigenvalue weighted by Crippen LogP contribution is -2.49. The molecule has 1 amide bonds. The largest absolute Gasteiger partial charge is 0.346 e. The Balaban J connectivity index is 0.00000289. The summed E-state index contributed by atoms with van der Waals surface area (Å²) in [6.07, 6.45) is 2.00. The van der Waals surface area contributed by atoms with Crippen LogP contribution in [0.25, 0.3) is 0 Å². The molecular weight excluding hydrogens is 268 g/mol. The van der Waals surface area contributed by atoms with Gasteiger partial charge in [-0.15, -0.1) is 24.2 Å². The number of benzene rings is 1. The van der Waals surface area contributed by atoms with Crippen molar-refractivity contribution in [2.24, 2.45) is 5.73 Å². The summed E-state index contributed by atoms with van der Waals surface area (Å²) in [7, 11) is 0. The number of halogens is 1. The molecule has 0 aliphatic carbocycles. The first-order valence-electron chi connectivity index (χ1n) is 5.57. The molecule has 0 saturated heterocycles. The molecule has 0 spiro atoms. The molecule has 1 aromatic carbocycles. The van der Waals surface area contributed by atoms with Gasteiger partial charge in [-0.2, -0.15) is 0 Å². The lowest BCUT2D eigenvalue weighted by molar-refractivity contribution is 0.0915. The van der Waals surface area contributed by atoms with E-state index < -0.39 is 0 Å². The van der Waals surface area contributed by atoms with Crippen LogP contribution in [0, 0.1) is 6.92 Å². The summed E-state index contributed by atoms with van der Waals surface area (Å²) in [5.74, 6) is -0.0612. The summed E-state index contributed by atoms with van der Waals surface area (Å²) in [6.45, 7) is 6.19. The monoisotopic (exact) mass is 288 g/mol. The summed E-state index contributed by atoms with van der Waals surface area (Å²) in [4.78, 5) is 13.2. The molecule has 5 heteroatoms. The molecule has 1 rings (SSSR count). The zero-order valence-electron chi connectivity index (χ0n) is 11.2. The second-order valence-corrected chi connectivity index (χ2v) is 5.60. The molecule has 102 valence electrons. The normalized spacial score (nSPS) is 10.7. The van der Waals surface area contributed by atoms with E-state index in [2.05, 4.69) is 5.32 Å². The zero-order valence-corrected chi connectivity index (χ0v) is 12.9. The quantitative estimate of drug-likeness (QED) is 0.838. The molecule has 0 aromatic heterocycles. The highest BCUT2D eigenvalue weighted by molar-refractivity contribution is 7.98. The van der Waals surface area contributed by atoms with E-state index in [1.807, 2.05) is 45.2 Å². The van der Waals surface area contributed by atoms with Crippen LogP contribution < -0.4 is 11.1 Å². The molecule has 1 aromatic rings. The van der Waals surface area contributed by atoms with Gasteiger partial charge in [0.15, 0.2) is 0 Å². The highest BCUT2D eigenvalue weighted by Crippen LogP contribution is 2.19. The molecule has 18 heavy (non-hydrogen) atoms. The Morgan fingerprint density at radius 3 is 2.56 bits per heavy atom. The van der Waals surface area contributed by atoms with E-state index in [1.54, 1.807) is 11.8 Å². The first-order valence-corrected chi connectivity index (χ1v) is 6.79. The second-order valence-electron chi connectivity index (χ2n) is 4.72. The first-order chi connectivity index (χ1) is 7.89. The van der Waals surface area contributed by atoms with Crippen molar-refractivity contribution in [3.63, 3.8) is 0 Å². The number of hydrogen-bond donors (Lipinski definition) is 2. The molecule has 0 unspecified atom stereocenters. The van der Waals surface area contributed by atoms with Crippen LogP contribution in [-0.4, -0.2) is 24.2 Å². The number of rotatable bonds is 4. The van der Waals surface area contributed by atoms with Crippen molar-refractivity contribution < 1.29 is 4.79 Å². The summed E-state index contributed by atoms with van der Waals surface area (Å²) in [5.41, 5.74) is 6.93. The van der Waals surface area contributed by atoms with E-state index in [0.29, 0.717) is 6.54 Å². The second kappa shape index (κ2) is 7.02. The lowest BCUT2D eigenvalue weighted by Gasteiger charge is -2.24. The number of carbonyl (C=O) groups is 1. The molecule has 0 heterocycles. The highest BCUT2D eigenvalue weighted by Gasteiger charge is 2.20. The molecular formula is C13H21ClN2OS. The fourth-order valence-electron chi connectivity index (χ4n) is 1.40. The molecule has 3 nitrogen and oxygen atoms in total. The molecule has 0 saturated carbocycles. The van der Waals surface area contributed by atoms with Gasteiger partial charge in [0.05, 0.1) is 0 Å². The maximum absolute atomic E-state index is 12.1. The van der Waals surface area contributed by atoms with Gasteiger partial charge in [-0.25, -0.2) is 0 Å². The third kappa shape index (κ3) is 4.52. The van der Waals surface area contributed by atoms with Crippen LogP contribution in [0.5, 0.6) is 0 Å². The van der Waals surface area contributed by atoms with Crippen LogP contribution in [0.4, 0.5) is 0 Å². The van der Waals surface area contributed by atoms with Gasteiger partial charge in [-0.3, -0.25) is 4.79 Å². The van der Waals surface area contributed by atoms with Gasteiger partial charge >= 0.3 is 0 Å². The topological polar surface area (TPSA) is 55.1 Å². The molecule has 0 aliphatic heterocycles. The summed E-state index contributed by atoms with van der Waals surface area (Å²) in [6, 6.07) is 5.91. The Kier molecular flexibility index (Phi) is 6.74. The zero-order chi connectivity index (χ0) is 13.1. The van der Waals surface area contributed by atoms with Crippen molar-refractivity contribution in [3.05, 3.63) is 29.3 Å². The summed E-state index contributed by atoms with van der Waals surface area (Å²) >= 11 is 1.63. The van der Waals surface area contributed by atoms with Crippen LogP contribution in [0.15, 0.2) is 23.1 Å². The molecule has 3 N–H and O–H groups in total. The minimum Gasteiger partial charge on any atom is -0.346 e. The molecule has 0 bridgehead atoms. The lowest BCUT2D eigenvalue weighted by atomic mass is 10.0. The maximum Gasteiger partial charge on any atom is 0.252 e. The number of aryl methyl sites for hydroxylation is 1. The van der Waals surface area contributed by atoms with Gasteiger partial charge in [-0.05, 0) is 44.7 Å². The smallest absolute Gasteiger partial charge is 0.252 e. The van der Waals surface area contributed by atoms with Gasteiger partial charge in [0.2, 0.25) is 0 Å². The fraction of sp³-hybridized carbons (Fsp3) is 0.462. The number of carbonyl (C=O) groups excluding carboxylic acids is 1. The Bertz CT molecular complexity index is 421. The standard InChI is InChI=1S/C13H20N2OS.ClH/c1-9-5-6-10(17-4)7-11(9)12(16)15-13(2,3)8-14;/h5-7H,8,14H2,1-4H3,(H,15,16);1H. The van der Waals surface area contributed by atoms with Crippen molar-refractivity contribution in [2.75, 3.05) is 12.8 Å². The van der Waals surface area contributed by atoms with Crippen molar-refractivity contribution in [1.82, 2.24) is 5.32 Å². The number of hydrogen-bond acceptors (Lipinski definition) is 3. The summed E-state index contributed by atoms with van der Waals surface area (Å²) < 4.78 is 0. The van der Waals surface area contributed by atoms with Crippen molar-refractivity contribution in [1.29, 1.82) is 0 Å². The molecule has 0 fully saturated rings. The van der Waals surface area contributed by atoms with Crippen molar-refractivity contribution >= 4 is 30.1 Å². The Morgan fingerprint density at radius 2 is 2.06 bits per heavy atom. The Hall–Kier alpha value is -0.710. The minimum absolute atomic E-state index is 0. The Labute approximate surface area is 119 Å². The molecule has 0 aliphatic rings. The van der Waals surface area contributed by atoms with E-state index in [0.717, 1.165) is 16.0 Å². The van der Waals surface area contributed by atoms with E-state index in [9.17, 15) is 4.79 Å². The number of amides is 1. The average Bonchev–Trinajstić information content (AvgIpc) is 2.29. The third-order valence-corrected chi connectivity index (χ3v) is 3.38. The van der Waals surface area contributed by atoms with Gasteiger partial charge in [-0.1, -0.05) is 6.07 Å². The van der Waals surface area contributed by atoms with Gasteiger partial charge in [0, 0.05) is 22.5 Å². The predicted octanol–water partition coefficient (Wildman–Crippen LogP) is 2.61. The van der Waals surface area contributed by atoms with Crippen LogP contribution in [0.3, 0.4) is 0 Å². The van der Waals surface area contributed by atoms with Crippen LogP contribution in [-0.2, 0) is 0 Å². The minimum atomic E-state index is -0.376. The predicted molar refractivity (Wildman–Crippen MR) is 80.8 cm³/mol. The van der Waals surface area contributed by atoms with Crippen molar-refractivity contribution in [3.8, 4) is 0 Å². The van der Waals surface area contributed by atoms with E-state index in [-0.39, 0.29) is 23.9 Å². The first kappa shape index (κ1) is 17.3. The van der Waals surface area contributed by atoms with Gasteiger partial charge < -0.3 is 11.1 Å². The van der Waals surface area contributed by atoms with Crippen LogP contribution in [0.2, 0.25) is 0 Å². The van der Waals surface area contributed by atoms with E-state index in [4.69, 9.17) is 5.73 Å². The highest BCUT2D eigenvalue weighted by atomic mass is 35.5. The van der Waals surface area contributed by atoms with Crippen LogP contribution >= 0.6 is 24.2 Å².